The number of hydrogen-bond donors (Lipinski definition) is 3. The fourth-order valence-electron chi connectivity index (χ4n) is 1.13. The van der Waals surface area contributed by atoms with E-state index in [2.05, 4.69) is 11.9 Å². The van der Waals surface area contributed by atoms with Crippen LogP contribution >= 0.6 is 0 Å². The summed E-state index contributed by atoms with van der Waals surface area (Å²) in [6, 6.07) is 0. The predicted octanol–water partition coefficient (Wildman–Crippen LogP) is 1.18. The molecule has 82 valence electrons. The summed E-state index contributed by atoms with van der Waals surface area (Å²) in [7, 11) is 0.238. The molecular weight excluding hydrogens is 189 g/mol. The molecule has 0 aromatic rings. The van der Waals surface area contributed by atoms with Gasteiger partial charge >= 0.3 is 7.12 Å². The van der Waals surface area contributed by atoms with Crippen molar-refractivity contribution in [1.82, 2.24) is 5.32 Å². The molecule has 0 spiro atoms. The summed E-state index contributed by atoms with van der Waals surface area (Å²) in [6.07, 6.45) is 9.55. The maximum Gasteiger partial charge on any atom is 0.489 e. The van der Waals surface area contributed by atoms with Gasteiger partial charge in [-0.15, -0.1) is 6.58 Å². The van der Waals surface area contributed by atoms with Crippen LogP contribution in [0.15, 0.2) is 48.1 Å². The van der Waals surface area contributed by atoms with E-state index in [1.807, 2.05) is 19.1 Å². The summed E-state index contributed by atoms with van der Waals surface area (Å²) >= 11 is 0. The highest BCUT2D eigenvalue weighted by Crippen LogP contribution is 2.09. The quantitative estimate of drug-likeness (QED) is 0.348. The third-order valence-corrected chi connectivity index (χ3v) is 1.72. The van der Waals surface area contributed by atoms with Crippen molar-refractivity contribution < 1.29 is 10.0 Å². The van der Waals surface area contributed by atoms with E-state index in [1.54, 1.807) is 25.4 Å². The Labute approximate surface area is 91.7 Å². The molecule has 3 N–H and O–H groups in total. The molecule has 3 nitrogen and oxygen atoms in total. The maximum atomic E-state index is 9.08. The van der Waals surface area contributed by atoms with Crippen molar-refractivity contribution >= 4 is 7.12 Å². The highest BCUT2D eigenvalue weighted by molar-refractivity contribution is 6.51. The Hall–Kier alpha value is -1.26. The zero-order chi connectivity index (χ0) is 11.7. The van der Waals surface area contributed by atoms with Crippen molar-refractivity contribution in [2.45, 2.75) is 13.3 Å². The van der Waals surface area contributed by atoms with Crippen LogP contribution < -0.4 is 5.32 Å². The van der Waals surface area contributed by atoms with Gasteiger partial charge in [-0.2, -0.15) is 0 Å². The highest BCUT2D eigenvalue weighted by atomic mass is 16.4. The molecule has 0 aliphatic rings. The molecule has 0 radical (unpaired) electrons. The van der Waals surface area contributed by atoms with E-state index in [-0.39, 0.29) is 0 Å². The van der Waals surface area contributed by atoms with Gasteiger partial charge in [-0.05, 0) is 30.6 Å². The van der Waals surface area contributed by atoms with Gasteiger partial charge in [0.1, 0.15) is 0 Å². The summed E-state index contributed by atoms with van der Waals surface area (Å²) in [6.45, 7) is 5.56. The first kappa shape index (κ1) is 13.7. The molecule has 0 atom stereocenters. The highest BCUT2D eigenvalue weighted by Gasteiger charge is 2.12. The second-order valence-corrected chi connectivity index (χ2v) is 3.02. The molecule has 4 heteroatoms. The van der Waals surface area contributed by atoms with Crippen molar-refractivity contribution in [2.24, 2.45) is 0 Å². The van der Waals surface area contributed by atoms with Gasteiger partial charge in [-0.3, -0.25) is 0 Å². The molecule has 0 aromatic carbocycles. The van der Waals surface area contributed by atoms with Gasteiger partial charge in [0.25, 0.3) is 0 Å². The predicted molar refractivity (Wildman–Crippen MR) is 65.0 cm³/mol. The zero-order valence-electron chi connectivity index (χ0n) is 9.27. The molecular formula is C11H18BNO2. The Morgan fingerprint density at radius 1 is 1.47 bits per heavy atom. The zero-order valence-corrected chi connectivity index (χ0v) is 9.27. The van der Waals surface area contributed by atoms with E-state index in [0.717, 1.165) is 5.57 Å². The van der Waals surface area contributed by atoms with Gasteiger partial charge in [-0.25, -0.2) is 0 Å². The molecule has 0 aliphatic carbocycles. The van der Waals surface area contributed by atoms with E-state index in [9.17, 15) is 0 Å². The molecule has 15 heavy (non-hydrogen) atoms. The van der Waals surface area contributed by atoms with Crippen LogP contribution in [0, 0.1) is 0 Å². The van der Waals surface area contributed by atoms with Crippen molar-refractivity contribution in [3.8, 4) is 0 Å². The van der Waals surface area contributed by atoms with Crippen molar-refractivity contribution in [3.05, 3.63) is 48.1 Å². The van der Waals surface area contributed by atoms with E-state index < -0.39 is 7.12 Å². The number of rotatable bonds is 6. The van der Waals surface area contributed by atoms with Gasteiger partial charge < -0.3 is 15.4 Å². The summed E-state index contributed by atoms with van der Waals surface area (Å²) in [5.41, 5.74) is 1.40. The molecule has 0 bridgehead atoms. The largest absolute Gasteiger partial charge is 0.489 e. The average molecular weight is 207 g/mol. The van der Waals surface area contributed by atoms with Crippen LogP contribution in [-0.2, 0) is 0 Å². The number of allylic oxidation sites excluding steroid dienone is 6. The lowest BCUT2D eigenvalue weighted by Crippen LogP contribution is -2.16. The molecule has 0 unspecified atom stereocenters. The molecule has 0 saturated carbocycles. The van der Waals surface area contributed by atoms with Crippen LogP contribution in [0.3, 0.4) is 0 Å². The van der Waals surface area contributed by atoms with Crippen LogP contribution in [-0.4, -0.2) is 24.2 Å². The van der Waals surface area contributed by atoms with E-state index in [4.69, 9.17) is 10.0 Å². The second-order valence-electron chi connectivity index (χ2n) is 3.02. The first-order chi connectivity index (χ1) is 7.15. The molecule has 0 rings (SSSR count). The van der Waals surface area contributed by atoms with Gasteiger partial charge in [0, 0.05) is 7.05 Å². The Bertz CT molecular complexity index is 280. The minimum Gasteiger partial charge on any atom is -0.423 e. The fourth-order valence-corrected chi connectivity index (χ4v) is 1.13. The van der Waals surface area contributed by atoms with Crippen molar-refractivity contribution in [3.63, 3.8) is 0 Å². The van der Waals surface area contributed by atoms with Gasteiger partial charge in [0.2, 0.25) is 0 Å². The van der Waals surface area contributed by atoms with Crippen LogP contribution in [0.2, 0.25) is 0 Å². The average Bonchev–Trinajstić information content (AvgIpc) is 2.17. The fraction of sp³-hybridized carbons (Fsp3) is 0.273. The second kappa shape index (κ2) is 8.09. The summed E-state index contributed by atoms with van der Waals surface area (Å²) < 4.78 is 0. The van der Waals surface area contributed by atoms with Crippen LogP contribution in [0.1, 0.15) is 13.3 Å². The lowest BCUT2D eigenvalue weighted by molar-refractivity contribution is 0.420. The van der Waals surface area contributed by atoms with E-state index in [1.165, 1.54) is 0 Å². The topological polar surface area (TPSA) is 52.5 Å². The number of hydrogen-bond acceptors (Lipinski definition) is 3. The minimum absolute atomic E-state index is 0.424. The smallest absolute Gasteiger partial charge is 0.423 e. The lowest BCUT2D eigenvalue weighted by Gasteiger charge is -2.03. The molecule has 0 saturated heterocycles. The summed E-state index contributed by atoms with van der Waals surface area (Å²) in [4.78, 5) is 0. The maximum absolute atomic E-state index is 9.08. The molecule has 0 aliphatic heterocycles. The van der Waals surface area contributed by atoms with Crippen molar-refractivity contribution in [2.75, 3.05) is 7.05 Å². The monoisotopic (exact) mass is 207 g/mol. The van der Waals surface area contributed by atoms with Crippen molar-refractivity contribution in [1.29, 1.82) is 0 Å². The van der Waals surface area contributed by atoms with Crippen LogP contribution in [0.5, 0.6) is 0 Å². The summed E-state index contributed by atoms with van der Waals surface area (Å²) in [5, 5.41) is 20.9. The molecule has 0 fully saturated rings. The molecule has 0 amide bonds. The van der Waals surface area contributed by atoms with Gasteiger partial charge in [0.05, 0.1) is 0 Å². The minimum atomic E-state index is -1.47. The first-order valence-electron chi connectivity index (χ1n) is 4.83. The Morgan fingerprint density at radius 2 is 2.13 bits per heavy atom. The van der Waals surface area contributed by atoms with Crippen LogP contribution in [0.4, 0.5) is 0 Å². The normalized spacial score (nSPS) is 13.1. The molecule has 0 aromatic heterocycles. The Kier molecular flexibility index (Phi) is 7.41. The SMILES string of the molecule is C=CCC(/C=C\C)=C\C(=C/NC)B(O)O. The third kappa shape index (κ3) is 5.94. The first-order valence-corrected chi connectivity index (χ1v) is 4.83. The Morgan fingerprint density at radius 3 is 2.53 bits per heavy atom. The third-order valence-electron chi connectivity index (χ3n) is 1.72. The Balaban J connectivity index is 4.88. The van der Waals surface area contributed by atoms with Crippen LogP contribution in [0.25, 0.3) is 0 Å². The van der Waals surface area contributed by atoms with E-state index >= 15 is 0 Å². The lowest BCUT2D eigenvalue weighted by atomic mass is 9.78. The van der Waals surface area contributed by atoms with Gasteiger partial charge in [-0.1, -0.05) is 24.3 Å². The molecule has 0 heterocycles. The van der Waals surface area contributed by atoms with E-state index in [0.29, 0.717) is 11.9 Å². The summed E-state index contributed by atoms with van der Waals surface area (Å²) in [5.74, 6) is 0. The van der Waals surface area contributed by atoms with Gasteiger partial charge in [0.15, 0.2) is 0 Å². The standard InChI is InChI=1S/C11H18BNO2/c1-4-6-10(7-5-2)8-11(9-13-3)12(14)15/h4-5,7-9,13-15H,1,6H2,2-3H3/b7-5-,10-8+,11-9+. The number of nitrogens with one attached hydrogen (secondary N) is 1.